The molecule has 0 radical (unpaired) electrons. The van der Waals surface area contributed by atoms with Gasteiger partial charge in [0.05, 0.1) is 38.9 Å². The minimum absolute atomic E-state index is 0.269. The van der Waals surface area contributed by atoms with Gasteiger partial charge in [-0.15, -0.1) is 11.3 Å². The topological polar surface area (TPSA) is 74.7 Å². The van der Waals surface area contributed by atoms with E-state index in [9.17, 15) is 4.39 Å². The summed E-state index contributed by atoms with van der Waals surface area (Å²) >= 11 is 1.50. The summed E-state index contributed by atoms with van der Waals surface area (Å²) in [6, 6.07) is 9.79. The van der Waals surface area contributed by atoms with Crippen LogP contribution in [0.15, 0.2) is 35.8 Å². The summed E-state index contributed by atoms with van der Waals surface area (Å²) in [5.41, 5.74) is 10.1. The van der Waals surface area contributed by atoms with Gasteiger partial charge in [0.25, 0.3) is 0 Å². The zero-order valence-electron chi connectivity index (χ0n) is 10.2. The first-order chi connectivity index (χ1) is 9.69. The van der Waals surface area contributed by atoms with Crippen LogP contribution in [0.4, 0.5) is 21.5 Å². The zero-order chi connectivity index (χ0) is 14.1. The summed E-state index contributed by atoms with van der Waals surface area (Å²) in [6.45, 7) is 0. The van der Waals surface area contributed by atoms with E-state index in [0.717, 1.165) is 4.70 Å². The number of anilines is 3. The summed E-state index contributed by atoms with van der Waals surface area (Å²) in [7, 11) is 0. The fraction of sp³-hybridized carbons (Fsp3) is 0. The molecule has 0 aliphatic heterocycles. The third kappa shape index (κ3) is 2.04. The van der Waals surface area contributed by atoms with E-state index in [1.165, 1.54) is 23.5 Å². The molecular formula is C14H9FN4S. The molecule has 0 spiro atoms. The number of thiazole rings is 1. The van der Waals surface area contributed by atoms with Gasteiger partial charge < -0.3 is 11.1 Å². The molecule has 0 unspecified atom stereocenters. The van der Waals surface area contributed by atoms with Gasteiger partial charge >= 0.3 is 0 Å². The Bertz CT molecular complexity index is 835. The van der Waals surface area contributed by atoms with Gasteiger partial charge in [-0.05, 0) is 30.3 Å². The van der Waals surface area contributed by atoms with E-state index in [0.29, 0.717) is 16.9 Å². The lowest BCUT2D eigenvalue weighted by atomic mass is 10.2. The van der Waals surface area contributed by atoms with Gasteiger partial charge in [0.15, 0.2) is 0 Å². The molecule has 0 aliphatic carbocycles. The monoisotopic (exact) mass is 284 g/mol. The summed E-state index contributed by atoms with van der Waals surface area (Å²) < 4.78 is 14.8. The van der Waals surface area contributed by atoms with Crippen molar-refractivity contribution in [1.29, 1.82) is 5.26 Å². The van der Waals surface area contributed by atoms with Crippen molar-refractivity contribution in [2.45, 2.75) is 0 Å². The first-order valence-corrected chi connectivity index (χ1v) is 6.65. The number of nitrogens with zero attached hydrogens (tertiary/aromatic N) is 2. The number of nitrogen functional groups attached to an aromatic ring is 1. The second-order valence-corrected chi connectivity index (χ2v) is 5.04. The van der Waals surface area contributed by atoms with Crippen LogP contribution in [-0.4, -0.2) is 4.98 Å². The van der Waals surface area contributed by atoms with Crippen LogP contribution in [0.3, 0.4) is 0 Å². The second-order valence-electron chi connectivity index (χ2n) is 4.16. The second kappa shape index (κ2) is 4.79. The highest BCUT2D eigenvalue weighted by Gasteiger charge is 2.09. The van der Waals surface area contributed by atoms with Crippen LogP contribution in [0, 0.1) is 17.1 Å². The van der Waals surface area contributed by atoms with E-state index in [1.807, 2.05) is 12.1 Å². The molecule has 0 bridgehead atoms. The number of fused-ring (bicyclic) bond motifs is 1. The molecule has 3 rings (SSSR count). The van der Waals surface area contributed by atoms with E-state index in [1.54, 1.807) is 17.6 Å². The van der Waals surface area contributed by atoms with Crippen LogP contribution in [-0.2, 0) is 0 Å². The quantitative estimate of drug-likeness (QED) is 0.705. The molecule has 0 aliphatic rings. The summed E-state index contributed by atoms with van der Waals surface area (Å²) in [5, 5.41) is 11.6. The number of nitrogens with two attached hydrogens (primary N) is 1. The number of nitriles is 1. The fourth-order valence-electron chi connectivity index (χ4n) is 1.89. The standard InChI is InChI=1S/C14H9FN4S/c15-9-5-8(6-16)1-2-10(9)19-11-3-4-12-14(13(11)17)18-7-20-12/h1-5,7,19H,17H2. The Hall–Kier alpha value is -2.65. The molecule has 0 atom stereocenters. The Balaban J connectivity index is 2.01. The largest absolute Gasteiger partial charge is 0.395 e. The van der Waals surface area contributed by atoms with Gasteiger partial charge in [0.1, 0.15) is 11.3 Å². The highest BCUT2D eigenvalue weighted by atomic mass is 32.1. The molecule has 6 heteroatoms. The fourth-order valence-corrected chi connectivity index (χ4v) is 2.58. The van der Waals surface area contributed by atoms with Gasteiger partial charge in [0.2, 0.25) is 0 Å². The third-order valence-electron chi connectivity index (χ3n) is 2.91. The van der Waals surface area contributed by atoms with Crippen molar-refractivity contribution in [3.05, 3.63) is 47.2 Å². The molecule has 3 N–H and O–H groups in total. The summed E-state index contributed by atoms with van der Waals surface area (Å²) in [6.07, 6.45) is 0. The minimum atomic E-state index is -0.498. The number of rotatable bonds is 2. The molecule has 20 heavy (non-hydrogen) atoms. The van der Waals surface area contributed by atoms with E-state index in [-0.39, 0.29) is 11.3 Å². The van der Waals surface area contributed by atoms with Crippen molar-refractivity contribution in [2.24, 2.45) is 0 Å². The van der Waals surface area contributed by atoms with Crippen LogP contribution >= 0.6 is 11.3 Å². The van der Waals surface area contributed by atoms with Crippen LogP contribution in [0.2, 0.25) is 0 Å². The Morgan fingerprint density at radius 3 is 2.80 bits per heavy atom. The Labute approximate surface area is 118 Å². The van der Waals surface area contributed by atoms with Gasteiger partial charge in [0, 0.05) is 0 Å². The molecule has 0 amide bonds. The van der Waals surface area contributed by atoms with Crippen molar-refractivity contribution in [3.8, 4) is 6.07 Å². The van der Waals surface area contributed by atoms with Gasteiger partial charge in [-0.1, -0.05) is 0 Å². The lowest BCUT2D eigenvalue weighted by molar-refractivity contribution is 0.631. The number of nitrogens with one attached hydrogen (secondary N) is 1. The summed E-state index contributed by atoms with van der Waals surface area (Å²) in [5.74, 6) is -0.498. The van der Waals surface area contributed by atoms with Crippen LogP contribution in [0.25, 0.3) is 10.2 Å². The first kappa shape index (κ1) is 12.4. The number of hydrogen-bond donors (Lipinski definition) is 2. The number of halogens is 1. The maximum absolute atomic E-state index is 13.8. The van der Waals surface area contributed by atoms with E-state index in [2.05, 4.69) is 10.3 Å². The Morgan fingerprint density at radius 2 is 2.05 bits per heavy atom. The number of benzene rings is 2. The third-order valence-corrected chi connectivity index (χ3v) is 3.70. The molecule has 98 valence electrons. The Morgan fingerprint density at radius 1 is 1.25 bits per heavy atom. The van der Waals surface area contributed by atoms with Gasteiger partial charge in [-0.2, -0.15) is 5.26 Å². The van der Waals surface area contributed by atoms with E-state index < -0.39 is 5.82 Å². The SMILES string of the molecule is N#Cc1ccc(Nc2ccc3scnc3c2N)c(F)c1. The molecule has 3 aromatic rings. The molecule has 4 nitrogen and oxygen atoms in total. The predicted octanol–water partition coefficient (Wildman–Crippen LogP) is 3.63. The molecule has 1 heterocycles. The average Bonchev–Trinajstić information content (AvgIpc) is 2.93. The molecule has 0 saturated heterocycles. The van der Waals surface area contributed by atoms with Crippen molar-refractivity contribution >= 4 is 38.6 Å². The van der Waals surface area contributed by atoms with Crippen molar-refractivity contribution in [1.82, 2.24) is 4.98 Å². The molecule has 1 aromatic heterocycles. The lowest BCUT2D eigenvalue weighted by Crippen LogP contribution is -1.99. The lowest BCUT2D eigenvalue weighted by Gasteiger charge is -2.10. The van der Waals surface area contributed by atoms with Crippen molar-refractivity contribution in [2.75, 3.05) is 11.1 Å². The highest BCUT2D eigenvalue weighted by Crippen LogP contribution is 2.32. The Kier molecular flexibility index (Phi) is 2.97. The van der Waals surface area contributed by atoms with Crippen LogP contribution in [0.5, 0.6) is 0 Å². The summed E-state index contributed by atoms with van der Waals surface area (Å²) in [4.78, 5) is 4.19. The average molecular weight is 284 g/mol. The van der Waals surface area contributed by atoms with Gasteiger partial charge in [-0.25, -0.2) is 9.37 Å². The maximum atomic E-state index is 13.8. The number of hydrogen-bond acceptors (Lipinski definition) is 5. The molecule has 2 aromatic carbocycles. The van der Waals surface area contributed by atoms with Crippen molar-refractivity contribution < 1.29 is 4.39 Å². The van der Waals surface area contributed by atoms with Gasteiger partial charge in [-0.3, -0.25) is 0 Å². The van der Waals surface area contributed by atoms with Crippen LogP contribution in [0.1, 0.15) is 5.56 Å². The van der Waals surface area contributed by atoms with E-state index >= 15 is 0 Å². The smallest absolute Gasteiger partial charge is 0.147 e. The zero-order valence-corrected chi connectivity index (χ0v) is 11.0. The van der Waals surface area contributed by atoms with Crippen molar-refractivity contribution in [3.63, 3.8) is 0 Å². The predicted molar refractivity (Wildman–Crippen MR) is 78.4 cm³/mol. The van der Waals surface area contributed by atoms with E-state index in [4.69, 9.17) is 11.0 Å². The molecule has 0 saturated carbocycles. The maximum Gasteiger partial charge on any atom is 0.147 e. The number of aromatic nitrogens is 1. The normalized spacial score (nSPS) is 10.4. The first-order valence-electron chi connectivity index (χ1n) is 5.77. The minimum Gasteiger partial charge on any atom is -0.395 e. The molecular weight excluding hydrogens is 275 g/mol. The molecule has 0 fully saturated rings. The van der Waals surface area contributed by atoms with Crippen LogP contribution < -0.4 is 11.1 Å². The highest BCUT2D eigenvalue weighted by molar-refractivity contribution is 7.16.